The second-order valence-electron chi connectivity index (χ2n) is 14.4. The number of halogens is 6. The molecule has 1 aliphatic rings. The van der Waals surface area contributed by atoms with Gasteiger partial charge < -0.3 is 4.57 Å². The van der Waals surface area contributed by atoms with E-state index in [2.05, 4.69) is 0 Å². The molecule has 0 atom stereocenters. The van der Waals surface area contributed by atoms with Gasteiger partial charge in [0.2, 0.25) is 0 Å². The van der Waals surface area contributed by atoms with Crippen LogP contribution in [0.25, 0.3) is 60.9 Å². The van der Waals surface area contributed by atoms with E-state index in [1.54, 1.807) is 92.7 Å². The van der Waals surface area contributed by atoms with Crippen LogP contribution in [0.2, 0.25) is 0 Å². The summed E-state index contributed by atoms with van der Waals surface area (Å²) in [6.07, 6.45) is -9.17. The number of alkyl halides is 6. The number of aromatic nitrogens is 1. The van der Waals surface area contributed by atoms with Crippen molar-refractivity contribution in [2.24, 2.45) is 0 Å². The lowest BCUT2D eigenvalue weighted by Crippen LogP contribution is -2.29. The summed E-state index contributed by atoms with van der Waals surface area (Å²) in [4.78, 5) is 29.8. The summed E-state index contributed by atoms with van der Waals surface area (Å²) in [7, 11) is 0. The zero-order valence-electron chi connectivity index (χ0n) is 30.8. The second-order valence-corrected chi connectivity index (χ2v) is 14.4. The van der Waals surface area contributed by atoms with E-state index in [0.29, 0.717) is 61.0 Å². The molecule has 4 nitrogen and oxygen atoms in total. The molecule has 286 valence electrons. The molecule has 0 aliphatic carbocycles. The van der Waals surface area contributed by atoms with Crippen LogP contribution in [0.3, 0.4) is 0 Å². The molecule has 0 unspecified atom stereocenters. The topological polar surface area (TPSA) is 42.3 Å². The van der Waals surface area contributed by atoms with Crippen LogP contribution in [0.1, 0.15) is 43.0 Å². The van der Waals surface area contributed by atoms with Gasteiger partial charge in [-0.3, -0.25) is 9.59 Å². The first-order valence-corrected chi connectivity index (χ1v) is 18.3. The van der Waals surface area contributed by atoms with Crippen molar-refractivity contribution in [3.63, 3.8) is 0 Å². The average Bonchev–Trinajstić information content (AvgIpc) is 3.66. The van der Waals surface area contributed by atoms with Gasteiger partial charge in [-0.2, -0.15) is 26.3 Å². The molecule has 1 aliphatic heterocycles. The van der Waals surface area contributed by atoms with E-state index < -0.39 is 35.3 Å². The first-order valence-electron chi connectivity index (χ1n) is 18.3. The maximum absolute atomic E-state index is 14.5. The Balaban J connectivity index is 1.25. The van der Waals surface area contributed by atoms with E-state index in [9.17, 15) is 35.9 Å². The Morgan fingerprint density at radius 3 is 1.78 bits per heavy atom. The van der Waals surface area contributed by atoms with Crippen molar-refractivity contribution in [3.8, 4) is 39.1 Å². The zero-order valence-corrected chi connectivity index (χ0v) is 30.8. The quantitative estimate of drug-likeness (QED) is 0.129. The minimum Gasteiger partial charge on any atom is -0.308 e. The van der Waals surface area contributed by atoms with Crippen molar-refractivity contribution in [2.75, 3.05) is 4.90 Å². The third-order valence-electron chi connectivity index (χ3n) is 10.8. The van der Waals surface area contributed by atoms with Crippen LogP contribution in [-0.4, -0.2) is 16.4 Å². The smallest absolute Gasteiger partial charge is 0.308 e. The SMILES string of the molecule is Cc1ccc(-c2ccc3c(c2)c2cc(-c4ccc(C(F)(F)F)cc4C)ccc2n3-c2cccc3c2C(=O)N(c2cccc(-c4ccccc4)c2)C3=O)c(C(F)(F)F)c1. The predicted molar refractivity (Wildman–Crippen MR) is 214 cm³/mol. The number of carbonyl (C=O) groups is 2. The molecule has 0 spiro atoms. The number of rotatable bonds is 5. The Kier molecular flexibility index (Phi) is 8.43. The van der Waals surface area contributed by atoms with Crippen LogP contribution in [-0.2, 0) is 12.4 Å². The van der Waals surface area contributed by atoms with Crippen LogP contribution in [0.5, 0.6) is 0 Å². The fourth-order valence-electron chi connectivity index (χ4n) is 8.07. The van der Waals surface area contributed by atoms with Gasteiger partial charge in [0, 0.05) is 10.8 Å². The Labute approximate surface area is 328 Å². The number of amides is 2. The van der Waals surface area contributed by atoms with Crippen LogP contribution >= 0.6 is 0 Å². The molecule has 7 aromatic carbocycles. The van der Waals surface area contributed by atoms with E-state index in [-0.39, 0.29) is 16.7 Å². The monoisotopic (exact) mass is 780 g/mol. The number of nitrogens with zero attached hydrogens (tertiary/aromatic N) is 2. The van der Waals surface area contributed by atoms with Crippen LogP contribution in [0, 0.1) is 13.8 Å². The van der Waals surface area contributed by atoms with Gasteiger partial charge in [-0.1, -0.05) is 84.4 Å². The number of aryl methyl sites for hydroxylation is 2. The maximum atomic E-state index is 14.5. The van der Waals surface area contributed by atoms with Gasteiger partial charge >= 0.3 is 12.4 Å². The van der Waals surface area contributed by atoms with Crippen LogP contribution < -0.4 is 4.90 Å². The summed E-state index contributed by atoms with van der Waals surface area (Å²) in [5.74, 6) is -1.05. The molecule has 0 fully saturated rings. The molecule has 9 rings (SSSR count). The predicted octanol–water partition coefficient (Wildman–Crippen LogP) is 13.2. The number of hydrogen-bond donors (Lipinski definition) is 0. The zero-order chi connectivity index (χ0) is 40.7. The highest BCUT2D eigenvalue weighted by Gasteiger charge is 2.40. The van der Waals surface area contributed by atoms with E-state index >= 15 is 0 Å². The third kappa shape index (κ3) is 6.03. The number of anilines is 1. The van der Waals surface area contributed by atoms with Gasteiger partial charge in [0.25, 0.3) is 11.8 Å². The van der Waals surface area contributed by atoms with Crippen molar-refractivity contribution in [1.29, 1.82) is 0 Å². The first-order chi connectivity index (χ1) is 27.7. The summed E-state index contributed by atoms with van der Waals surface area (Å²) in [5, 5.41) is 1.12. The Morgan fingerprint density at radius 1 is 0.483 bits per heavy atom. The molecular formula is C48H30F6N2O2. The normalized spacial score (nSPS) is 13.2. The molecule has 10 heteroatoms. The van der Waals surface area contributed by atoms with Crippen molar-refractivity contribution < 1.29 is 35.9 Å². The summed E-state index contributed by atoms with van der Waals surface area (Å²) in [5.41, 5.74) is 4.60. The largest absolute Gasteiger partial charge is 0.417 e. The first kappa shape index (κ1) is 36.7. The van der Waals surface area contributed by atoms with Gasteiger partial charge in [0.1, 0.15) is 0 Å². The standard InChI is InChI=1S/C48H30F6N2O2/c1-27-14-18-36(40(22-27)48(52,53)54)32-16-21-42-39(26-32)38-25-31(35-19-17-33(23-28(35)2)47(49,50)51)15-20-41(38)56(42)43-13-7-12-37-44(43)46(58)55(45(37)57)34-11-6-10-30(24-34)29-8-4-3-5-9-29/h3-26H,1-2H3. The highest BCUT2D eigenvalue weighted by molar-refractivity contribution is 6.36. The van der Waals surface area contributed by atoms with E-state index in [0.717, 1.165) is 34.2 Å². The highest BCUT2D eigenvalue weighted by Crippen LogP contribution is 2.44. The lowest BCUT2D eigenvalue weighted by Gasteiger charge is -2.16. The van der Waals surface area contributed by atoms with Gasteiger partial charge in [-0.25, -0.2) is 4.90 Å². The maximum Gasteiger partial charge on any atom is 0.417 e. The molecular weight excluding hydrogens is 751 g/mol. The van der Waals surface area contributed by atoms with Crippen molar-refractivity contribution in [3.05, 3.63) is 179 Å². The van der Waals surface area contributed by atoms with E-state index in [1.165, 1.54) is 12.1 Å². The third-order valence-corrected chi connectivity index (χ3v) is 10.8. The van der Waals surface area contributed by atoms with Gasteiger partial charge in [0.15, 0.2) is 0 Å². The Bertz CT molecular complexity index is 3000. The van der Waals surface area contributed by atoms with Crippen molar-refractivity contribution in [1.82, 2.24) is 4.57 Å². The molecule has 2 heterocycles. The Morgan fingerprint density at radius 2 is 1.12 bits per heavy atom. The fourth-order valence-corrected chi connectivity index (χ4v) is 8.07. The number of imide groups is 1. The molecule has 0 radical (unpaired) electrons. The van der Waals surface area contributed by atoms with E-state index in [1.807, 2.05) is 41.0 Å². The van der Waals surface area contributed by atoms with E-state index in [4.69, 9.17) is 0 Å². The van der Waals surface area contributed by atoms with Crippen molar-refractivity contribution in [2.45, 2.75) is 26.2 Å². The molecule has 8 aromatic rings. The molecule has 58 heavy (non-hydrogen) atoms. The fraction of sp³-hybridized carbons (Fsp3) is 0.0833. The number of fused-ring (bicyclic) bond motifs is 4. The Hall–Kier alpha value is -6.94. The second kappa shape index (κ2) is 13.3. The molecule has 0 saturated heterocycles. The summed E-state index contributed by atoms with van der Waals surface area (Å²) in [6, 6.07) is 39.6. The van der Waals surface area contributed by atoms with Crippen LogP contribution in [0.4, 0.5) is 32.0 Å². The van der Waals surface area contributed by atoms with Gasteiger partial charge in [0.05, 0.1) is 44.7 Å². The number of carbonyl (C=O) groups excluding carboxylic acids is 2. The minimum absolute atomic E-state index is 0.0228. The van der Waals surface area contributed by atoms with Gasteiger partial charge in [-0.05, 0) is 120 Å². The minimum atomic E-state index is -4.64. The number of benzene rings is 7. The lowest BCUT2D eigenvalue weighted by molar-refractivity contribution is -0.138. The molecule has 2 amide bonds. The van der Waals surface area contributed by atoms with Gasteiger partial charge in [-0.15, -0.1) is 0 Å². The molecule has 0 N–H and O–H groups in total. The molecule has 0 saturated carbocycles. The van der Waals surface area contributed by atoms with Crippen LogP contribution in [0.15, 0.2) is 146 Å². The lowest BCUT2D eigenvalue weighted by atomic mass is 9.95. The summed E-state index contributed by atoms with van der Waals surface area (Å²) in [6.45, 7) is 3.18. The molecule has 0 bridgehead atoms. The molecule has 1 aromatic heterocycles. The average molecular weight is 781 g/mol. The summed E-state index contributed by atoms with van der Waals surface area (Å²) >= 11 is 0. The number of hydrogen-bond acceptors (Lipinski definition) is 2. The highest BCUT2D eigenvalue weighted by atomic mass is 19.4. The van der Waals surface area contributed by atoms with Crippen molar-refractivity contribution >= 4 is 39.3 Å². The summed E-state index contributed by atoms with van der Waals surface area (Å²) < 4.78 is 85.8.